The first-order chi connectivity index (χ1) is 14.0. The zero-order chi connectivity index (χ0) is 20.8. The lowest BCUT2D eigenvalue weighted by atomic mass is 9.96. The van der Waals surface area contributed by atoms with Gasteiger partial charge in [0.1, 0.15) is 5.69 Å². The van der Waals surface area contributed by atoms with Gasteiger partial charge < -0.3 is 15.6 Å². The third kappa shape index (κ3) is 5.37. The first kappa shape index (κ1) is 20.9. The average Bonchev–Trinajstić information content (AvgIpc) is 3.17. The van der Waals surface area contributed by atoms with Crippen molar-refractivity contribution in [3.63, 3.8) is 0 Å². The van der Waals surface area contributed by atoms with Crippen LogP contribution in [0.25, 0.3) is 11.1 Å². The summed E-state index contributed by atoms with van der Waals surface area (Å²) in [6.07, 6.45) is 4.33. The van der Waals surface area contributed by atoms with Crippen molar-refractivity contribution in [3.05, 3.63) is 77.4 Å². The van der Waals surface area contributed by atoms with Crippen molar-refractivity contribution in [2.75, 3.05) is 6.54 Å². The Balaban J connectivity index is 1.89. The number of aromatic nitrogens is 2. The van der Waals surface area contributed by atoms with Crippen LogP contribution in [-0.4, -0.2) is 33.4 Å². The Morgan fingerprint density at radius 1 is 1.24 bits per heavy atom. The van der Waals surface area contributed by atoms with Gasteiger partial charge in [0.15, 0.2) is 0 Å². The van der Waals surface area contributed by atoms with Crippen molar-refractivity contribution in [1.29, 1.82) is 0 Å². The number of benzene rings is 2. The largest absolute Gasteiger partial charge is 0.348 e. The predicted octanol–water partition coefficient (Wildman–Crippen LogP) is 3.59. The summed E-state index contributed by atoms with van der Waals surface area (Å²) < 4.78 is 1.92. The zero-order valence-electron chi connectivity index (χ0n) is 16.8. The first-order valence-electron chi connectivity index (χ1n) is 9.70. The molecule has 0 fully saturated rings. The van der Waals surface area contributed by atoms with Gasteiger partial charge in [-0.1, -0.05) is 48.6 Å². The summed E-state index contributed by atoms with van der Waals surface area (Å²) in [5.74, 6) is -0.165. The summed E-state index contributed by atoms with van der Waals surface area (Å²) in [4.78, 5) is 16.4. The molecule has 0 aliphatic heterocycles. The molecule has 0 radical (unpaired) electrons. The van der Waals surface area contributed by atoms with Crippen molar-refractivity contribution in [1.82, 2.24) is 14.9 Å². The lowest BCUT2D eigenvalue weighted by Crippen LogP contribution is -2.30. The third-order valence-corrected chi connectivity index (χ3v) is 4.87. The van der Waals surface area contributed by atoms with E-state index in [4.69, 9.17) is 18.0 Å². The van der Waals surface area contributed by atoms with Crippen LogP contribution in [0.1, 0.15) is 41.0 Å². The van der Waals surface area contributed by atoms with Crippen LogP contribution >= 0.6 is 12.2 Å². The second-order valence-electron chi connectivity index (χ2n) is 7.33. The summed E-state index contributed by atoms with van der Waals surface area (Å²) in [7, 11) is 0. The molecule has 0 saturated heterocycles. The van der Waals surface area contributed by atoms with Crippen LogP contribution in [0, 0.1) is 0 Å². The highest BCUT2D eigenvalue weighted by atomic mass is 32.1. The second kappa shape index (κ2) is 9.58. The van der Waals surface area contributed by atoms with E-state index in [1.165, 1.54) is 5.56 Å². The van der Waals surface area contributed by atoms with E-state index in [1.54, 1.807) is 17.9 Å². The number of nitrogens with one attached hydrogen (secondary N) is 1. The molecule has 150 valence electrons. The highest BCUT2D eigenvalue weighted by molar-refractivity contribution is 7.79. The quantitative estimate of drug-likeness (QED) is 0.561. The van der Waals surface area contributed by atoms with Crippen LogP contribution < -0.4 is 11.1 Å². The molecule has 3 N–H and O–H groups in total. The molecule has 2 aromatic carbocycles. The summed E-state index contributed by atoms with van der Waals surface area (Å²) >= 11 is 5.12. The van der Waals surface area contributed by atoms with E-state index in [0.717, 1.165) is 28.7 Å². The van der Waals surface area contributed by atoms with Gasteiger partial charge in [-0.15, -0.1) is 0 Å². The van der Waals surface area contributed by atoms with E-state index in [0.29, 0.717) is 18.8 Å². The van der Waals surface area contributed by atoms with E-state index >= 15 is 0 Å². The Labute approximate surface area is 177 Å². The monoisotopic (exact) mass is 406 g/mol. The van der Waals surface area contributed by atoms with Gasteiger partial charge in [-0.3, -0.25) is 4.79 Å². The fourth-order valence-electron chi connectivity index (χ4n) is 3.21. The maximum atomic E-state index is 12.2. The molecule has 0 aliphatic carbocycles. The van der Waals surface area contributed by atoms with Crippen LogP contribution in [0.15, 0.2) is 55.0 Å². The minimum Gasteiger partial charge on any atom is -0.348 e. The first-order valence-corrected chi connectivity index (χ1v) is 10.2. The van der Waals surface area contributed by atoms with Gasteiger partial charge in [-0.2, -0.15) is 0 Å². The number of hydrogen-bond acceptors (Lipinski definition) is 4. The molecule has 6 heteroatoms. The average molecular weight is 407 g/mol. The molecule has 29 heavy (non-hydrogen) atoms. The molecule has 1 aromatic heterocycles. The topological polar surface area (TPSA) is 72.9 Å². The van der Waals surface area contributed by atoms with Gasteiger partial charge in [0.25, 0.3) is 5.91 Å². The molecule has 0 saturated carbocycles. The van der Waals surface area contributed by atoms with Crippen LogP contribution in [-0.2, 0) is 13.0 Å². The molecule has 3 aromatic rings. The highest BCUT2D eigenvalue weighted by Crippen LogP contribution is 2.26. The lowest BCUT2D eigenvalue weighted by molar-refractivity contribution is 0.0938. The van der Waals surface area contributed by atoms with Crippen LogP contribution in [0.3, 0.4) is 0 Å². The highest BCUT2D eigenvalue weighted by Gasteiger charge is 2.12. The van der Waals surface area contributed by atoms with Crippen molar-refractivity contribution in [2.45, 2.75) is 32.9 Å². The number of rotatable bonds is 8. The van der Waals surface area contributed by atoms with Crippen LogP contribution in [0.2, 0.25) is 0 Å². The Bertz CT molecular complexity index is 992. The zero-order valence-corrected chi connectivity index (χ0v) is 17.6. The number of nitrogens with zero attached hydrogens (tertiary/aromatic N) is 2. The van der Waals surface area contributed by atoms with E-state index < -0.39 is 0 Å². The van der Waals surface area contributed by atoms with Gasteiger partial charge >= 0.3 is 0 Å². The fraction of sp³-hybridized carbons (Fsp3) is 0.261. The van der Waals surface area contributed by atoms with Crippen LogP contribution in [0.4, 0.5) is 0 Å². The molecular formula is C23H26N4OS. The molecule has 5 nitrogen and oxygen atoms in total. The van der Waals surface area contributed by atoms with Crippen molar-refractivity contribution >= 4 is 23.5 Å². The summed E-state index contributed by atoms with van der Waals surface area (Å²) in [5.41, 5.74) is 11.7. The van der Waals surface area contributed by atoms with Crippen molar-refractivity contribution in [3.8, 4) is 11.1 Å². The SMILES string of the molecule is CC(C)NC(=O)c1cn(Cc2cc(C=S)ccc2-c2ccc(CCN)cc2)cn1. The van der Waals surface area contributed by atoms with Gasteiger partial charge in [0.2, 0.25) is 0 Å². The minimum atomic E-state index is -0.165. The molecule has 0 spiro atoms. The Morgan fingerprint density at radius 3 is 2.66 bits per heavy atom. The molecular weight excluding hydrogens is 380 g/mol. The number of nitrogens with two attached hydrogens (primary N) is 1. The second-order valence-corrected chi connectivity index (χ2v) is 7.57. The minimum absolute atomic E-state index is 0.0702. The number of imidazole rings is 1. The fourth-order valence-corrected chi connectivity index (χ4v) is 3.36. The van der Waals surface area contributed by atoms with Gasteiger partial charge in [-0.05, 0) is 60.7 Å². The van der Waals surface area contributed by atoms with Crippen molar-refractivity contribution in [2.24, 2.45) is 5.73 Å². The number of hydrogen-bond donors (Lipinski definition) is 2. The predicted molar refractivity (Wildman–Crippen MR) is 121 cm³/mol. The molecule has 3 rings (SSSR count). The maximum Gasteiger partial charge on any atom is 0.271 e. The number of carbonyl (C=O) groups is 1. The molecule has 1 heterocycles. The third-order valence-electron chi connectivity index (χ3n) is 4.60. The maximum absolute atomic E-state index is 12.2. The Morgan fingerprint density at radius 2 is 2.00 bits per heavy atom. The standard InChI is InChI=1S/C23H26N4OS/c1-16(2)26-23(28)22-13-27(15-25-22)12-20-11-18(14-29)5-8-21(20)19-6-3-17(4-7-19)9-10-24/h3-8,11,13-16H,9-10,12,24H2,1-2H3,(H,26,28). The smallest absolute Gasteiger partial charge is 0.271 e. The summed E-state index contributed by atoms with van der Waals surface area (Å²) in [5, 5.41) is 4.54. The molecule has 1 amide bonds. The number of thiocarbonyl (C=S) groups is 1. The molecule has 0 atom stereocenters. The molecule has 0 unspecified atom stereocenters. The van der Waals surface area contributed by atoms with E-state index in [-0.39, 0.29) is 11.9 Å². The Hall–Kier alpha value is -2.83. The number of amides is 1. The number of carbonyl (C=O) groups excluding carboxylic acids is 1. The summed E-state index contributed by atoms with van der Waals surface area (Å²) in [6.45, 7) is 5.09. The lowest BCUT2D eigenvalue weighted by Gasteiger charge is -2.12. The summed E-state index contributed by atoms with van der Waals surface area (Å²) in [6, 6.07) is 14.7. The normalized spacial score (nSPS) is 10.9. The molecule has 0 bridgehead atoms. The van der Waals surface area contributed by atoms with Crippen LogP contribution in [0.5, 0.6) is 0 Å². The Kier molecular flexibility index (Phi) is 6.90. The van der Waals surface area contributed by atoms with Crippen molar-refractivity contribution < 1.29 is 4.79 Å². The van der Waals surface area contributed by atoms with E-state index in [1.807, 2.05) is 24.5 Å². The van der Waals surface area contributed by atoms with Gasteiger partial charge in [-0.25, -0.2) is 4.98 Å². The van der Waals surface area contributed by atoms with E-state index in [2.05, 4.69) is 46.7 Å². The molecule has 0 aliphatic rings. The van der Waals surface area contributed by atoms with Gasteiger partial charge in [0.05, 0.1) is 6.33 Å². The van der Waals surface area contributed by atoms with E-state index in [9.17, 15) is 4.79 Å². The van der Waals surface area contributed by atoms with Gasteiger partial charge in [0, 0.05) is 24.2 Å².